The summed E-state index contributed by atoms with van der Waals surface area (Å²) in [6, 6.07) is 0.461. The van der Waals surface area contributed by atoms with Gasteiger partial charge >= 0.3 is 15.6 Å². The fourth-order valence-corrected chi connectivity index (χ4v) is 3.21. The van der Waals surface area contributed by atoms with Crippen LogP contribution in [0.3, 0.4) is 0 Å². The molecule has 0 aliphatic carbocycles. The Bertz CT molecular complexity index is 250. The first-order valence-corrected chi connectivity index (χ1v) is 7.25. The standard InChI is InChI=1S/C6H13F3O3SSi/c1-2-3-4-5-14-12-13(10,11)6(7,8)9/h2-5,14H2,1H3. The van der Waals surface area contributed by atoms with E-state index in [1.807, 2.05) is 6.92 Å². The van der Waals surface area contributed by atoms with Gasteiger partial charge in [0.1, 0.15) is 0 Å². The maximum absolute atomic E-state index is 11.7. The molecule has 0 aliphatic rings. The maximum Gasteiger partial charge on any atom is 0.522 e. The molecule has 0 aromatic rings. The number of rotatable bonds is 6. The van der Waals surface area contributed by atoms with Crippen molar-refractivity contribution < 1.29 is 25.5 Å². The summed E-state index contributed by atoms with van der Waals surface area (Å²) in [4.78, 5) is 0. The summed E-state index contributed by atoms with van der Waals surface area (Å²) in [5.41, 5.74) is -5.27. The first-order chi connectivity index (χ1) is 6.31. The van der Waals surface area contributed by atoms with E-state index in [0.717, 1.165) is 19.3 Å². The van der Waals surface area contributed by atoms with E-state index in [1.165, 1.54) is 0 Å². The van der Waals surface area contributed by atoms with Crippen molar-refractivity contribution in [2.75, 3.05) is 0 Å². The zero-order valence-corrected chi connectivity index (χ0v) is 10.0. The van der Waals surface area contributed by atoms with Crippen molar-refractivity contribution in [2.45, 2.75) is 37.7 Å². The second kappa shape index (κ2) is 5.71. The normalized spacial score (nSPS) is 14.0. The zero-order chi connectivity index (χ0) is 11.2. The number of halogens is 3. The third-order valence-electron chi connectivity index (χ3n) is 1.52. The molecule has 0 radical (unpaired) electrons. The van der Waals surface area contributed by atoms with Crippen molar-refractivity contribution in [1.29, 1.82) is 0 Å². The lowest BCUT2D eigenvalue weighted by Gasteiger charge is -2.07. The summed E-state index contributed by atoms with van der Waals surface area (Å²) in [6.45, 7) is 1.95. The lowest BCUT2D eigenvalue weighted by molar-refractivity contribution is -0.0499. The van der Waals surface area contributed by atoms with Gasteiger partial charge in [-0.1, -0.05) is 26.2 Å². The molecular formula is C6H13F3O3SSi. The molecule has 14 heavy (non-hydrogen) atoms. The molecule has 0 aromatic heterocycles. The summed E-state index contributed by atoms with van der Waals surface area (Å²) in [6.07, 6.45) is 2.57. The van der Waals surface area contributed by atoms with Gasteiger partial charge in [-0.2, -0.15) is 21.6 Å². The second-order valence-electron chi connectivity index (χ2n) is 2.78. The van der Waals surface area contributed by atoms with E-state index in [1.54, 1.807) is 0 Å². The van der Waals surface area contributed by atoms with Crippen molar-refractivity contribution in [2.24, 2.45) is 0 Å². The highest BCUT2D eigenvalue weighted by molar-refractivity contribution is 7.88. The maximum atomic E-state index is 11.7. The number of hydrogen-bond donors (Lipinski definition) is 0. The van der Waals surface area contributed by atoms with Crippen LogP contribution in [0.25, 0.3) is 0 Å². The molecule has 86 valence electrons. The van der Waals surface area contributed by atoms with Crippen molar-refractivity contribution in [3.05, 3.63) is 0 Å². The van der Waals surface area contributed by atoms with Crippen LogP contribution >= 0.6 is 0 Å². The predicted octanol–water partition coefficient (Wildman–Crippen LogP) is 1.54. The Balaban J connectivity index is 3.80. The van der Waals surface area contributed by atoms with E-state index in [-0.39, 0.29) is 0 Å². The molecule has 0 bridgehead atoms. The molecule has 8 heteroatoms. The summed E-state index contributed by atoms with van der Waals surface area (Å²) in [5, 5.41) is 0. The van der Waals surface area contributed by atoms with Crippen molar-refractivity contribution in [1.82, 2.24) is 0 Å². The number of unbranched alkanes of at least 4 members (excludes halogenated alkanes) is 2. The molecule has 0 fully saturated rings. The minimum absolute atomic E-state index is 0.461. The minimum Gasteiger partial charge on any atom is -0.316 e. The van der Waals surface area contributed by atoms with E-state index in [4.69, 9.17) is 0 Å². The van der Waals surface area contributed by atoms with Gasteiger partial charge in [-0.15, -0.1) is 0 Å². The highest BCUT2D eigenvalue weighted by atomic mass is 32.2. The molecule has 0 aliphatic heterocycles. The Kier molecular flexibility index (Phi) is 5.68. The molecule has 0 saturated carbocycles. The van der Waals surface area contributed by atoms with Gasteiger partial charge < -0.3 is 3.87 Å². The lowest BCUT2D eigenvalue weighted by Crippen LogP contribution is -2.26. The van der Waals surface area contributed by atoms with Gasteiger partial charge in [0.25, 0.3) is 0 Å². The van der Waals surface area contributed by atoms with Gasteiger partial charge in [0, 0.05) is 0 Å². The monoisotopic (exact) mass is 250 g/mol. The van der Waals surface area contributed by atoms with Gasteiger partial charge in [-0.25, -0.2) is 0 Å². The number of alkyl halides is 3. The van der Waals surface area contributed by atoms with Crippen LogP contribution in [0.2, 0.25) is 6.04 Å². The average Bonchev–Trinajstić information content (AvgIpc) is 2.02. The molecular weight excluding hydrogens is 237 g/mol. The van der Waals surface area contributed by atoms with Crippen LogP contribution in [0.15, 0.2) is 0 Å². The summed E-state index contributed by atoms with van der Waals surface area (Å²) in [5.74, 6) is 0. The largest absolute Gasteiger partial charge is 0.522 e. The first-order valence-electron chi connectivity index (χ1n) is 4.27. The molecule has 0 aromatic carbocycles. The van der Waals surface area contributed by atoms with Crippen LogP contribution in [0.1, 0.15) is 26.2 Å². The number of hydrogen-bond acceptors (Lipinski definition) is 3. The van der Waals surface area contributed by atoms with Crippen molar-refractivity contribution >= 4 is 19.9 Å². The highest BCUT2D eigenvalue weighted by Crippen LogP contribution is 2.24. The SMILES string of the molecule is CCCCC[SiH2]OS(=O)(=O)C(F)(F)F. The Morgan fingerprint density at radius 3 is 2.29 bits per heavy atom. The first kappa shape index (κ1) is 13.9. The molecule has 0 spiro atoms. The van der Waals surface area contributed by atoms with Crippen LogP contribution < -0.4 is 0 Å². The van der Waals surface area contributed by atoms with E-state index in [9.17, 15) is 21.6 Å². The van der Waals surface area contributed by atoms with Crippen LogP contribution in [-0.4, -0.2) is 23.7 Å². The Morgan fingerprint density at radius 2 is 1.86 bits per heavy atom. The summed E-state index contributed by atoms with van der Waals surface area (Å²) >= 11 is 0. The molecule has 0 rings (SSSR count). The second-order valence-corrected chi connectivity index (χ2v) is 6.21. The van der Waals surface area contributed by atoms with Gasteiger partial charge in [0.2, 0.25) is 0 Å². The van der Waals surface area contributed by atoms with Crippen LogP contribution in [0, 0.1) is 0 Å². The molecule has 0 heterocycles. The Morgan fingerprint density at radius 1 is 1.29 bits per heavy atom. The molecule has 0 N–H and O–H groups in total. The smallest absolute Gasteiger partial charge is 0.316 e. The Labute approximate surface area is 83.7 Å². The molecule has 0 saturated heterocycles. The van der Waals surface area contributed by atoms with Crippen molar-refractivity contribution in [3.8, 4) is 0 Å². The van der Waals surface area contributed by atoms with Gasteiger partial charge in [-0.3, -0.25) is 0 Å². The predicted molar refractivity (Wildman–Crippen MR) is 48.9 cm³/mol. The van der Waals surface area contributed by atoms with Gasteiger partial charge in [-0.05, 0) is 6.04 Å². The van der Waals surface area contributed by atoms with E-state index in [2.05, 4.69) is 3.87 Å². The Hall–Kier alpha value is -0.0831. The lowest BCUT2D eigenvalue weighted by atomic mass is 10.3. The fraction of sp³-hybridized carbons (Fsp3) is 1.00. The van der Waals surface area contributed by atoms with E-state index < -0.39 is 25.4 Å². The minimum atomic E-state index is -5.32. The highest BCUT2D eigenvalue weighted by Gasteiger charge is 2.46. The third-order valence-corrected chi connectivity index (χ3v) is 4.78. The average molecular weight is 250 g/mol. The topological polar surface area (TPSA) is 43.4 Å². The van der Waals surface area contributed by atoms with E-state index in [0.29, 0.717) is 6.04 Å². The molecule has 0 unspecified atom stereocenters. The third kappa shape index (κ3) is 4.96. The quantitative estimate of drug-likeness (QED) is 0.408. The molecule has 3 nitrogen and oxygen atoms in total. The molecule has 0 amide bonds. The van der Waals surface area contributed by atoms with Gasteiger partial charge in [0.15, 0.2) is 9.76 Å². The van der Waals surface area contributed by atoms with Crippen LogP contribution in [0.4, 0.5) is 13.2 Å². The summed E-state index contributed by atoms with van der Waals surface area (Å²) in [7, 11) is -6.92. The van der Waals surface area contributed by atoms with Gasteiger partial charge in [0.05, 0.1) is 0 Å². The summed E-state index contributed by atoms with van der Waals surface area (Å²) < 4.78 is 59.8. The van der Waals surface area contributed by atoms with Crippen molar-refractivity contribution in [3.63, 3.8) is 0 Å². The molecule has 0 atom stereocenters. The van der Waals surface area contributed by atoms with E-state index >= 15 is 0 Å². The fourth-order valence-electron chi connectivity index (χ4n) is 0.764. The van der Waals surface area contributed by atoms with Crippen LogP contribution in [0.5, 0.6) is 0 Å². The van der Waals surface area contributed by atoms with Crippen LogP contribution in [-0.2, 0) is 14.0 Å². The zero-order valence-electron chi connectivity index (χ0n) is 7.80.